The molecule has 140 valence electrons. The molecule has 0 spiro atoms. The third kappa shape index (κ3) is 4.93. The predicted molar refractivity (Wildman–Crippen MR) is 102 cm³/mol. The number of nitrogens with zero attached hydrogens (tertiary/aromatic N) is 6. The van der Waals surface area contributed by atoms with E-state index in [1.54, 1.807) is 4.52 Å². The molecule has 10 heteroatoms. The summed E-state index contributed by atoms with van der Waals surface area (Å²) in [6, 6.07) is 2.08. The summed E-state index contributed by atoms with van der Waals surface area (Å²) in [5, 5.41) is 4.24. The van der Waals surface area contributed by atoms with E-state index in [4.69, 9.17) is 5.73 Å². The smallest absolute Gasteiger partial charge is 0.254 e. The summed E-state index contributed by atoms with van der Waals surface area (Å²) in [7, 11) is 0. The van der Waals surface area contributed by atoms with E-state index in [-0.39, 0.29) is 36.8 Å². The lowest BCUT2D eigenvalue weighted by Crippen LogP contribution is -2.49. The van der Waals surface area contributed by atoms with E-state index in [1.807, 2.05) is 24.8 Å². The number of halogens is 2. The van der Waals surface area contributed by atoms with Gasteiger partial charge in [0.25, 0.3) is 5.78 Å². The van der Waals surface area contributed by atoms with Crippen LogP contribution in [-0.2, 0) is 4.79 Å². The standard InChI is InChI=1S/C15H23N7O.2ClH/c1-11(16)3-4-14(23)21-7-5-20(6-8-21)13-9-12(2)19-15-17-10-18-22(13)15;;/h9-11H,3-8,16H2,1-2H3;2*1H. The maximum absolute atomic E-state index is 12.2. The molecule has 1 fully saturated rings. The monoisotopic (exact) mass is 389 g/mol. The number of carbonyl (C=O) groups excluding carboxylic acids is 1. The van der Waals surface area contributed by atoms with E-state index in [9.17, 15) is 4.79 Å². The second-order valence-corrected chi connectivity index (χ2v) is 6.11. The fraction of sp³-hybridized carbons (Fsp3) is 0.600. The van der Waals surface area contributed by atoms with Gasteiger partial charge in [-0.3, -0.25) is 4.79 Å². The molecule has 1 saturated heterocycles. The van der Waals surface area contributed by atoms with Crippen molar-refractivity contribution < 1.29 is 4.79 Å². The number of aryl methyl sites for hydroxylation is 1. The minimum atomic E-state index is 0. The van der Waals surface area contributed by atoms with Crippen LogP contribution < -0.4 is 10.6 Å². The lowest BCUT2D eigenvalue weighted by molar-refractivity contribution is -0.131. The van der Waals surface area contributed by atoms with Crippen LogP contribution >= 0.6 is 24.8 Å². The van der Waals surface area contributed by atoms with Crippen LogP contribution in [0.4, 0.5) is 5.82 Å². The number of aromatic nitrogens is 4. The van der Waals surface area contributed by atoms with Gasteiger partial charge in [0.1, 0.15) is 12.1 Å². The van der Waals surface area contributed by atoms with Crippen LogP contribution in [-0.4, -0.2) is 62.6 Å². The van der Waals surface area contributed by atoms with E-state index >= 15 is 0 Å². The Bertz CT molecular complexity index is 698. The molecule has 3 rings (SSSR count). The van der Waals surface area contributed by atoms with E-state index in [1.165, 1.54) is 6.33 Å². The summed E-state index contributed by atoms with van der Waals surface area (Å²) in [4.78, 5) is 24.9. The Morgan fingerprint density at radius 1 is 1.28 bits per heavy atom. The number of hydrogen-bond donors (Lipinski definition) is 1. The number of anilines is 1. The number of nitrogens with two attached hydrogens (primary N) is 1. The number of hydrogen-bond acceptors (Lipinski definition) is 6. The van der Waals surface area contributed by atoms with E-state index < -0.39 is 0 Å². The summed E-state index contributed by atoms with van der Waals surface area (Å²) in [5.41, 5.74) is 6.64. The van der Waals surface area contributed by atoms with E-state index in [0.29, 0.717) is 12.2 Å². The van der Waals surface area contributed by atoms with Crippen molar-refractivity contribution in [2.75, 3.05) is 31.1 Å². The molecule has 0 saturated carbocycles. The van der Waals surface area contributed by atoms with Crippen molar-refractivity contribution in [3.63, 3.8) is 0 Å². The van der Waals surface area contributed by atoms with Gasteiger partial charge in [0, 0.05) is 50.4 Å². The minimum absolute atomic E-state index is 0. The summed E-state index contributed by atoms with van der Waals surface area (Å²) in [5.74, 6) is 1.78. The van der Waals surface area contributed by atoms with Crippen LogP contribution in [0.2, 0.25) is 0 Å². The Hall–Kier alpha value is -1.64. The topological polar surface area (TPSA) is 92.7 Å². The summed E-state index contributed by atoms with van der Waals surface area (Å²) in [6.45, 7) is 6.88. The van der Waals surface area contributed by atoms with E-state index in [2.05, 4.69) is 20.0 Å². The van der Waals surface area contributed by atoms with Gasteiger partial charge in [0.2, 0.25) is 5.91 Å². The van der Waals surface area contributed by atoms with Gasteiger partial charge in [-0.2, -0.15) is 14.6 Å². The third-order valence-electron chi connectivity index (χ3n) is 4.13. The maximum atomic E-state index is 12.2. The fourth-order valence-corrected chi connectivity index (χ4v) is 2.83. The Morgan fingerprint density at radius 2 is 1.96 bits per heavy atom. The highest BCUT2D eigenvalue weighted by molar-refractivity contribution is 5.85. The normalized spacial score (nSPS) is 15.5. The lowest BCUT2D eigenvalue weighted by Gasteiger charge is -2.36. The first-order valence-corrected chi connectivity index (χ1v) is 8.00. The molecule has 0 aromatic carbocycles. The molecule has 0 bridgehead atoms. The van der Waals surface area contributed by atoms with Crippen LogP contribution in [0.5, 0.6) is 0 Å². The lowest BCUT2D eigenvalue weighted by atomic mass is 10.1. The highest BCUT2D eigenvalue weighted by Gasteiger charge is 2.23. The van der Waals surface area contributed by atoms with Crippen LogP contribution in [0, 0.1) is 6.92 Å². The highest BCUT2D eigenvalue weighted by Crippen LogP contribution is 2.18. The molecular weight excluding hydrogens is 365 g/mol. The average Bonchev–Trinajstić information content (AvgIpc) is 3.00. The van der Waals surface area contributed by atoms with Gasteiger partial charge in [-0.1, -0.05) is 0 Å². The molecule has 8 nitrogen and oxygen atoms in total. The van der Waals surface area contributed by atoms with Gasteiger partial charge in [-0.25, -0.2) is 4.98 Å². The van der Waals surface area contributed by atoms with Crippen molar-refractivity contribution in [3.8, 4) is 0 Å². The van der Waals surface area contributed by atoms with Crippen LogP contribution in [0.25, 0.3) is 5.78 Å². The molecule has 0 aliphatic carbocycles. The summed E-state index contributed by atoms with van der Waals surface area (Å²) in [6.07, 6.45) is 2.78. The molecule has 1 aliphatic heterocycles. The van der Waals surface area contributed by atoms with Crippen LogP contribution in [0.15, 0.2) is 12.4 Å². The fourth-order valence-electron chi connectivity index (χ4n) is 2.83. The molecule has 2 aromatic rings. The SMILES string of the molecule is Cc1cc(N2CCN(C(=O)CCC(C)N)CC2)n2ncnc2n1.Cl.Cl. The first kappa shape index (κ1) is 21.4. The summed E-state index contributed by atoms with van der Waals surface area (Å²) >= 11 is 0. The second-order valence-electron chi connectivity index (χ2n) is 6.11. The summed E-state index contributed by atoms with van der Waals surface area (Å²) < 4.78 is 1.75. The molecule has 0 radical (unpaired) electrons. The zero-order chi connectivity index (χ0) is 16.4. The highest BCUT2D eigenvalue weighted by atomic mass is 35.5. The van der Waals surface area contributed by atoms with Gasteiger partial charge in [-0.15, -0.1) is 24.8 Å². The zero-order valence-electron chi connectivity index (χ0n) is 14.5. The molecule has 2 N–H and O–H groups in total. The van der Waals surface area contributed by atoms with Crippen molar-refractivity contribution in [1.82, 2.24) is 24.5 Å². The molecule has 1 amide bonds. The van der Waals surface area contributed by atoms with Gasteiger partial charge in [-0.05, 0) is 20.3 Å². The Labute approximate surface area is 159 Å². The number of fused-ring (bicyclic) bond motifs is 1. The van der Waals surface area contributed by atoms with Crippen LogP contribution in [0.3, 0.4) is 0 Å². The number of piperazine rings is 1. The van der Waals surface area contributed by atoms with Crippen molar-refractivity contribution in [2.45, 2.75) is 32.7 Å². The number of rotatable bonds is 4. The molecule has 1 unspecified atom stereocenters. The van der Waals surface area contributed by atoms with Gasteiger partial charge >= 0.3 is 0 Å². The molecule has 3 heterocycles. The number of amides is 1. The third-order valence-corrected chi connectivity index (χ3v) is 4.13. The number of carbonyl (C=O) groups is 1. The second kappa shape index (κ2) is 9.17. The molecule has 1 atom stereocenters. The Balaban J connectivity index is 0.00000156. The zero-order valence-corrected chi connectivity index (χ0v) is 16.1. The van der Waals surface area contributed by atoms with Crippen molar-refractivity contribution in [1.29, 1.82) is 0 Å². The van der Waals surface area contributed by atoms with Crippen LogP contribution in [0.1, 0.15) is 25.5 Å². The van der Waals surface area contributed by atoms with E-state index in [0.717, 1.165) is 44.1 Å². The molecular formula is C15H25Cl2N7O. The van der Waals surface area contributed by atoms with Crippen molar-refractivity contribution in [3.05, 3.63) is 18.1 Å². The van der Waals surface area contributed by atoms with Gasteiger partial charge in [0.05, 0.1) is 0 Å². The van der Waals surface area contributed by atoms with Gasteiger partial charge in [0.15, 0.2) is 0 Å². The predicted octanol–water partition coefficient (Wildman–Crippen LogP) is 1.05. The molecule has 2 aromatic heterocycles. The maximum Gasteiger partial charge on any atom is 0.254 e. The first-order chi connectivity index (χ1) is 11.0. The largest absolute Gasteiger partial charge is 0.353 e. The quantitative estimate of drug-likeness (QED) is 0.839. The molecule has 1 aliphatic rings. The van der Waals surface area contributed by atoms with Gasteiger partial charge < -0.3 is 15.5 Å². The molecule has 25 heavy (non-hydrogen) atoms. The van der Waals surface area contributed by atoms with Crippen molar-refractivity contribution >= 4 is 42.3 Å². The van der Waals surface area contributed by atoms with Crippen molar-refractivity contribution in [2.24, 2.45) is 5.73 Å². The average molecular weight is 390 g/mol. The Morgan fingerprint density at radius 3 is 2.60 bits per heavy atom. The Kier molecular flexibility index (Phi) is 7.85. The minimum Gasteiger partial charge on any atom is -0.353 e. The first-order valence-electron chi connectivity index (χ1n) is 8.00.